The van der Waals surface area contributed by atoms with E-state index in [1.54, 1.807) is 23.7 Å². The quantitative estimate of drug-likeness (QED) is 0.788. The number of rotatable bonds is 3. The van der Waals surface area contributed by atoms with Crippen molar-refractivity contribution in [2.24, 2.45) is 0 Å². The molecule has 0 N–H and O–H groups in total. The SMILES string of the molecule is O=C1COC2CCN(C(=O)[CH]Cc3ccncc3)C12. The molecule has 0 bridgehead atoms. The number of ketones is 1. The van der Waals surface area contributed by atoms with Crippen molar-refractivity contribution in [2.75, 3.05) is 13.2 Å². The Morgan fingerprint density at radius 3 is 3.05 bits per heavy atom. The Balaban J connectivity index is 1.60. The van der Waals surface area contributed by atoms with E-state index in [1.807, 2.05) is 12.1 Å². The highest BCUT2D eigenvalue weighted by Crippen LogP contribution is 2.27. The number of amides is 1. The molecule has 2 fully saturated rings. The number of hydrogen-bond acceptors (Lipinski definition) is 4. The number of carbonyl (C=O) groups excluding carboxylic acids is 2. The first kappa shape index (κ1) is 12.3. The molecule has 5 heteroatoms. The minimum Gasteiger partial charge on any atom is -0.368 e. The lowest BCUT2D eigenvalue weighted by Crippen LogP contribution is -2.42. The highest BCUT2D eigenvalue weighted by atomic mass is 16.5. The van der Waals surface area contributed by atoms with Crippen LogP contribution in [0.2, 0.25) is 0 Å². The molecule has 2 saturated heterocycles. The minimum absolute atomic E-state index is 0.0214. The lowest BCUT2D eigenvalue weighted by molar-refractivity contribution is -0.133. The third-order valence-electron chi connectivity index (χ3n) is 3.66. The molecule has 0 spiro atoms. The van der Waals surface area contributed by atoms with Crippen molar-refractivity contribution in [3.05, 3.63) is 36.5 Å². The van der Waals surface area contributed by atoms with Gasteiger partial charge in [0.05, 0.1) is 12.5 Å². The third-order valence-corrected chi connectivity index (χ3v) is 3.66. The molecule has 2 unspecified atom stereocenters. The summed E-state index contributed by atoms with van der Waals surface area (Å²) in [5.41, 5.74) is 1.04. The van der Waals surface area contributed by atoms with Gasteiger partial charge in [-0.2, -0.15) is 0 Å². The topological polar surface area (TPSA) is 59.5 Å². The maximum atomic E-state index is 12.2. The number of Topliss-reactive ketones (excluding diaryl/α,β-unsaturated/α-hetero) is 1. The van der Waals surface area contributed by atoms with Gasteiger partial charge in [0.15, 0.2) is 5.78 Å². The van der Waals surface area contributed by atoms with Gasteiger partial charge >= 0.3 is 0 Å². The zero-order valence-electron chi connectivity index (χ0n) is 10.5. The van der Waals surface area contributed by atoms with Gasteiger partial charge < -0.3 is 9.64 Å². The van der Waals surface area contributed by atoms with Crippen LogP contribution in [0.1, 0.15) is 12.0 Å². The molecule has 1 aromatic rings. The average molecular weight is 259 g/mol. The summed E-state index contributed by atoms with van der Waals surface area (Å²) < 4.78 is 5.37. The zero-order valence-corrected chi connectivity index (χ0v) is 10.5. The lowest BCUT2D eigenvalue weighted by atomic mass is 10.1. The molecule has 2 atom stereocenters. The fourth-order valence-corrected chi connectivity index (χ4v) is 2.68. The van der Waals surface area contributed by atoms with Crippen molar-refractivity contribution < 1.29 is 14.3 Å². The second-order valence-corrected chi connectivity index (χ2v) is 4.84. The second kappa shape index (κ2) is 5.09. The number of hydrogen-bond donors (Lipinski definition) is 0. The number of carbonyl (C=O) groups is 2. The first-order chi connectivity index (χ1) is 9.25. The summed E-state index contributed by atoms with van der Waals surface area (Å²) in [5.74, 6) is -0.0590. The lowest BCUT2D eigenvalue weighted by Gasteiger charge is -2.21. The molecule has 19 heavy (non-hydrogen) atoms. The first-order valence-corrected chi connectivity index (χ1v) is 6.43. The van der Waals surface area contributed by atoms with Crippen molar-refractivity contribution in [2.45, 2.75) is 25.0 Å². The van der Waals surface area contributed by atoms with Gasteiger partial charge in [0.25, 0.3) is 0 Å². The average Bonchev–Trinajstić information content (AvgIpc) is 3.01. The van der Waals surface area contributed by atoms with Gasteiger partial charge in [0.1, 0.15) is 12.6 Å². The first-order valence-electron chi connectivity index (χ1n) is 6.43. The summed E-state index contributed by atoms with van der Waals surface area (Å²) in [7, 11) is 0. The van der Waals surface area contributed by atoms with Gasteiger partial charge in [-0.15, -0.1) is 0 Å². The Bertz CT molecular complexity index is 489. The predicted octanol–water partition coefficient (Wildman–Crippen LogP) is 0.397. The van der Waals surface area contributed by atoms with E-state index in [2.05, 4.69) is 4.98 Å². The molecule has 2 aliphatic heterocycles. The summed E-state index contributed by atoms with van der Waals surface area (Å²) in [4.78, 5) is 29.4. The monoisotopic (exact) mass is 259 g/mol. The van der Waals surface area contributed by atoms with E-state index < -0.39 is 0 Å². The standard InChI is InChI=1S/C14H15N2O3/c17-11-9-19-12-5-8-16(14(11)12)13(18)2-1-10-3-6-15-7-4-10/h2-4,6-7,12,14H,1,5,8-9H2. The third kappa shape index (κ3) is 2.38. The van der Waals surface area contributed by atoms with Crippen molar-refractivity contribution in [3.63, 3.8) is 0 Å². The summed E-state index contributed by atoms with van der Waals surface area (Å²) in [6.07, 6.45) is 6.26. The minimum atomic E-state index is -0.360. The number of aromatic nitrogens is 1. The Morgan fingerprint density at radius 1 is 1.47 bits per heavy atom. The highest BCUT2D eigenvalue weighted by Gasteiger charge is 2.46. The smallest absolute Gasteiger partial charge is 0.227 e. The predicted molar refractivity (Wildman–Crippen MR) is 67.1 cm³/mol. The van der Waals surface area contributed by atoms with E-state index in [0.717, 1.165) is 12.0 Å². The van der Waals surface area contributed by atoms with Crippen LogP contribution in [-0.4, -0.2) is 46.9 Å². The summed E-state index contributed by atoms with van der Waals surface area (Å²) in [6.45, 7) is 0.746. The van der Waals surface area contributed by atoms with Gasteiger partial charge in [0, 0.05) is 18.9 Å². The van der Waals surface area contributed by atoms with E-state index in [-0.39, 0.29) is 30.4 Å². The van der Waals surface area contributed by atoms with Crippen LogP contribution in [-0.2, 0) is 20.7 Å². The van der Waals surface area contributed by atoms with Gasteiger partial charge in [-0.1, -0.05) is 0 Å². The molecule has 99 valence electrons. The molecule has 3 rings (SSSR count). The Morgan fingerprint density at radius 2 is 2.26 bits per heavy atom. The van der Waals surface area contributed by atoms with Crippen LogP contribution in [0.3, 0.4) is 0 Å². The number of pyridine rings is 1. The van der Waals surface area contributed by atoms with E-state index in [4.69, 9.17) is 4.74 Å². The maximum Gasteiger partial charge on any atom is 0.227 e. The van der Waals surface area contributed by atoms with E-state index in [9.17, 15) is 9.59 Å². The number of ether oxygens (including phenoxy) is 1. The van der Waals surface area contributed by atoms with Crippen molar-refractivity contribution in [1.82, 2.24) is 9.88 Å². The molecule has 1 aromatic heterocycles. The number of fused-ring (bicyclic) bond motifs is 1. The molecule has 0 aliphatic carbocycles. The molecule has 5 nitrogen and oxygen atoms in total. The van der Waals surface area contributed by atoms with Crippen LogP contribution in [0.15, 0.2) is 24.5 Å². The van der Waals surface area contributed by atoms with Gasteiger partial charge in [-0.25, -0.2) is 0 Å². The Labute approximate surface area is 111 Å². The molecule has 0 aromatic carbocycles. The molecule has 1 amide bonds. The molecule has 1 radical (unpaired) electrons. The van der Waals surface area contributed by atoms with Gasteiger partial charge in [-0.05, 0) is 30.5 Å². The second-order valence-electron chi connectivity index (χ2n) is 4.84. The van der Waals surface area contributed by atoms with E-state index >= 15 is 0 Å². The molecular formula is C14H15N2O3. The Kier molecular flexibility index (Phi) is 3.29. The van der Waals surface area contributed by atoms with Crippen molar-refractivity contribution >= 4 is 11.7 Å². The highest BCUT2D eigenvalue weighted by molar-refractivity contribution is 5.95. The van der Waals surface area contributed by atoms with Gasteiger partial charge in [0.2, 0.25) is 5.91 Å². The van der Waals surface area contributed by atoms with Crippen molar-refractivity contribution in [1.29, 1.82) is 0 Å². The normalized spacial score (nSPS) is 25.7. The summed E-state index contributed by atoms with van der Waals surface area (Å²) >= 11 is 0. The van der Waals surface area contributed by atoms with Crippen LogP contribution in [0, 0.1) is 6.42 Å². The zero-order chi connectivity index (χ0) is 13.2. The van der Waals surface area contributed by atoms with Crippen LogP contribution in [0.25, 0.3) is 0 Å². The van der Waals surface area contributed by atoms with E-state index in [0.29, 0.717) is 13.0 Å². The van der Waals surface area contributed by atoms with Gasteiger partial charge in [-0.3, -0.25) is 14.6 Å². The van der Waals surface area contributed by atoms with Crippen LogP contribution < -0.4 is 0 Å². The fourth-order valence-electron chi connectivity index (χ4n) is 2.68. The van der Waals surface area contributed by atoms with Crippen molar-refractivity contribution in [3.8, 4) is 0 Å². The van der Waals surface area contributed by atoms with E-state index in [1.165, 1.54) is 0 Å². The summed E-state index contributed by atoms with van der Waals surface area (Å²) in [6, 6.07) is 3.39. The number of likely N-dealkylation sites (tertiary alicyclic amines) is 1. The largest absolute Gasteiger partial charge is 0.368 e. The fraction of sp³-hybridized carbons (Fsp3) is 0.429. The van der Waals surface area contributed by atoms with Crippen LogP contribution in [0.4, 0.5) is 0 Å². The molecule has 2 aliphatic rings. The van der Waals surface area contributed by atoms with Crippen LogP contribution in [0.5, 0.6) is 0 Å². The molecule has 0 saturated carbocycles. The Hall–Kier alpha value is -1.75. The summed E-state index contributed by atoms with van der Waals surface area (Å²) in [5, 5.41) is 0. The molecule has 3 heterocycles. The molecular weight excluding hydrogens is 244 g/mol. The number of nitrogens with zero attached hydrogens (tertiary/aromatic N) is 2. The van der Waals surface area contributed by atoms with Crippen LogP contribution >= 0.6 is 0 Å². The maximum absolute atomic E-state index is 12.2.